The van der Waals surface area contributed by atoms with Gasteiger partial charge in [0.1, 0.15) is 5.69 Å². The molecule has 0 atom stereocenters. The molecule has 0 saturated carbocycles. The first kappa shape index (κ1) is 10.7. The van der Waals surface area contributed by atoms with Gasteiger partial charge in [-0.15, -0.1) is 0 Å². The van der Waals surface area contributed by atoms with Crippen LogP contribution in [0.15, 0.2) is 16.7 Å². The number of H-pyrrole nitrogens is 1. The van der Waals surface area contributed by atoms with E-state index in [0.29, 0.717) is 5.69 Å². The zero-order chi connectivity index (χ0) is 10.7. The van der Waals surface area contributed by atoms with Crippen molar-refractivity contribution in [3.05, 3.63) is 22.4 Å². The number of nitrogens with zero attached hydrogens (tertiary/aromatic N) is 1. The van der Waals surface area contributed by atoms with Gasteiger partial charge in [-0.2, -0.15) is 0 Å². The van der Waals surface area contributed by atoms with Crippen LogP contribution in [0.5, 0.6) is 0 Å². The summed E-state index contributed by atoms with van der Waals surface area (Å²) in [5.74, 6) is 0.0874. The van der Waals surface area contributed by atoms with Crippen molar-refractivity contribution in [2.75, 3.05) is 26.2 Å². The van der Waals surface area contributed by atoms with Crippen LogP contribution in [0.2, 0.25) is 0 Å². The largest absolute Gasteiger partial charge is 0.356 e. The highest BCUT2D eigenvalue weighted by atomic mass is 79.9. The molecule has 1 fully saturated rings. The summed E-state index contributed by atoms with van der Waals surface area (Å²) < 4.78 is 0.916. The Hall–Kier alpha value is -0.810. The van der Waals surface area contributed by atoms with Crippen LogP contribution in [-0.2, 0) is 0 Å². The molecule has 2 heterocycles. The molecule has 0 aromatic carbocycles. The Kier molecular flexibility index (Phi) is 3.43. The van der Waals surface area contributed by atoms with Crippen LogP contribution in [-0.4, -0.2) is 42.0 Å². The minimum atomic E-state index is 0.0874. The number of halogens is 1. The highest BCUT2D eigenvalue weighted by Crippen LogP contribution is 2.12. The van der Waals surface area contributed by atoms with Gasteiger partial charge >= 0.3 is 0 Å². The predicted octanol–water partition coefficient (Wildman–Crippen LogP) is 1.21. The molecule has 2 rings (SSSR count). The molecule has 15 heavy (non-hydrogen) atoms. The molecule has 0 aliphatic carbocycles. The Balaban J connectivity index is 2.06. The summed E-state index contributed by atoms with van der Waals surface area (Å²) in [5, 5.41) is 3.28. The zero-order valence-electron chi connectivity index (χ0n) is 8.42. The molecular weight excluding hydrogens is 258 g/mol. The van der Waals surface area contributed by atoms with Gasteiger partial charge in [-0.1, -0.05) is 0 Å². The van der Waals surface area contributed by atoms with Crippen molar-refractivity contribution in [2.24, 2.45) is 0 Å². The van der Waals surface area contributed by atoms with Crippen LogP contribution >= 0.6 is 15.9 Å². The number of carbonyl (C=O) groups is 1. The summed E-state index contributed by atoms with van der Waals surface area (Å²) in [4.78, 5) is 16.9. The number of carbonyl (C=O) groups excluding carboxylic acids is 1. The predicted molar refractivity (Wildman–Crippen MR) is 61.9 cm³/mol. The Morgan fingerprint density at radius 2 is 2.27 bits per heavy atom. The maximum Gasteiger partial charge on any atom is 0.270 e. The molecule has 1 aromatic rings. The molecule has 2 N–H and O–H groups in total. The summed E-state index contributed by atoms with van der Waals surface area (Å²) in [6, 6.07) is 1.82. The van der Waals surface area contributed by atoms with Gasteiger partial charge in [0.05, 0.1) is 0 Å². The maximum absolute atomic E-state index is 12.0. The van der Waals surface area contributed by atoms with E-state index in [9.17, 15) is 4.79 Å². The number of amides is 1. The first-order valence-electron chi connectivity index (χ1n) is 5.11. The lowest BCUT2D eigenvalue weighted by molar-refractivity contribution is 0.0761. The van der Waals surface area contributed by atoms with E-state index in [1.165, 1.54) is 0 Å². The monoisotopic (exact) mass is 271 g/mol. The lowest BCUT2D eigenvalue weighted by Gasteiger charge is -2.18. The quantitative estimate of drug-likeness (QED) is 0.807. The lowest BCUT2D eigenvalue weighted by atomic mass is 10.3. The number of rotatable bonds is 1. The van der Waals surface area contributed by atoms with Gasteiger partial charge in [0.15, 0.2) is 0 Å². The minimum absolute atomic E-state index is 0.0874. The van der Waals surface area contributed by atoms with Crippen molar-refractivity contribution >= 4 is 21.8 Å². The topological polar surface area (TPSA) is 48.1 Å². The summed E-state index contributed by atoms with van der Waals surface area (Å²) in [6.07, 6.45) is 2.80. The van der Waals surface area contributed by atoms with Crippen LogP contribution in [0.3, 0.4) is 0 Å². The first-order valence-corrected chi connectivity index (χ1v) is 5.90. The van der Waals surface area contributed by atoms with Crippen molar-refractivity contribution in [1.82, 2.24) is 15.2 Å². The van der Waals surface area contributed by atoms with Crippen molar-refractivity contribution in [1.29, 1.82) is 0 Å². The molecule has 0 bridgehead atoms. The molecule has 1 amide bonds. The number of hydrogen-bond acceptors (Lipinski definition) is 2. The molecule has 1 aliphatic rings. The van der Waals surface area contributed by atoms with Crippen molar-refractivity contribution in [3.8, 4) is 0 Å². The molecule has 5 heteroatoms. The second-order valence-electron chi connectivity index (χ2n) is 3.63. The summed E-state index contributed by atoms with van der Waals surface area (Å²) in [5.41, 5.74) is 0.656. The fourth-order valence-electron chi connectivity index (χ4n) is 1.71. The zero-order valence-corrected chi connectivity index (χ0v) is 10.0. The van der Waals surface area contributed by atoms with Gasteiger partial charge in [-0.05, 0) is 35.0 Å². The Morgan fingerprint density at radius 3 is 3.00 bits per heavy atom. The van der Waals surface area contributed by atoms with Crippen molar-refractivity contribution < 1.29 is 4.79 Å². The van der Waals surface area contributed by atoms with Crippen LogP contribution in [0.4, 0.5) is 0 Å². The first-order chi connectivity index (χ1) is 7.27. The van der Waals surface area contributed by atoms with Gasteiger partial charge in [-0.25, -0.2) is 0 Å². The van der Waals surface area contributed by atoms with E-state index in [0.717, 1.165) is 37.1 Å². The van der Waals surface area contributed by atoms with Crippen LogP contribution < -0.4 is 5.32 Å². The summed E-state index contributed by atoms with van der Waals surface area (Å²) in [6.45, 7) is 3.50. The van der Waals surface area contributed by atoms with E-state index in [4.69, 9.17) is 0 Å². The number of aromatic amines is 1. The standard InChI is InChI=1S/C10H14BrN3O/c11-8-6-9(13-7-8)10(15)14-4-1-2-12-3-5-14/h6-7,12-13H,1-5H2. The number of hydrogen-bond donors (Lipinski definition) is 2. The number of aromatic nitrogens is 1. The van der Waals surface area contributed by atoms with Gasteiger partial charge in [0.2, 0.25) is 0 Å². The van der Waals surface area contributed by atoms with Gasteiger partial charge in [-0.3, -0.25) is 4.79 Å². The highest BCUT2D eigenvalue weighted by molar-refractivity contribution is 9.10. The highest BCUT2D eigenvalue weighted by Gasteiger charge is 2.17. The molecular formula is C10H14BrN3O. The van der Waals surface area contributed by atoms with E-state index < -0.39 is 0 Å². The third-order valence-corrected chi connectivity index (χ3v) is 2.96. The molecule has 4 nitrogen and oxygen atoms in total. The molecule has 1 saturated heterocycles. The summed E-state index contributed by atoms with van der Waals surface area (Å²) in [7, 11) is 0. The maximum atomic E-state index is 12.0. The van der Waals surface area contributed by atoms with Gasteiger partial charge in [0, 0.05) is 30.3 Å². The van der Waals surface area contributed by atoms with Crippen molar-refractivity contribution in [3.63, 3.8) is 0 Å². The second kappa shape index (κ2) is 4.81. The van der Waals surface area contributed by atoms with Crippen LogP contribution in [0.1, 0.15) is 16.9 Å². The summed E-state index contributed by atoms with van der Waals surface area (Å²) >= 11 is 3.33. The third-order valence-electron chi connectivity index (χ3n) is 2.51. The Morgan fingerprint density at radius 1 is 1.40 bits per heavy atom. The molecule has 1 aromatic heterocycles. The SMILES string of the molecule is O=C(c1cc(Br)c[nH]1)N1CCCNCC1. The molecule has 1 aliphatic heterocycles. The molecule has 0 unspecified atom stereocenters. The molecule has 0 radical (unpaired) electrons. The Bertz CT molecular complexity index is 342. The third kappa shape index (κ3) is 2.60. The number of nitrogens with one attached hydrogen (secondary N) is 2. The van der Waals surface area contributed by atoms with Crippen molar-refractivity contribution in [2.45, 2.75) is 6.42 Å². The van der Waals surface area contributed by atoms with E-state index >= 15 is 0 Å². The van der Waals surface area contributed by atoms with Crippen LogP contribution in [0, 0.1) is 0 Å². The fourth-order valence-corrected chi connectivity index (χ4v) is 2.05. The van der Waals surface area contributed by atoms with Gasteiger partial charge < -0.3 is 15.2 Å². The normalized spacial score (nSPS) is 17.5. The van der Waals surface area contributed by atoms with E-state index in [2.05, 4.69) is 26.2 Å². The van der Waals surface area contributed by atoms with E-state index in [1.54, 1.807) is 6.20 Å². The lowest BCUT2D eigenvalue weighted by Crippen LogP contribution is -2.34. The van der Waals surface area contributed by atoms with Crippen LogP contribution in [0.25, 0.3) is 0 Å². The molecule has 0 spiro atoms. The van der Waals surface area contributed by atoms with Gasteiger partial charge in [0.25, 0.3) is 5.91 Å². The Labute approximate surface area is 97.2 Å². The van der Waals surface area contributed by atoms with E-state index in [-0.39, 0.29) is 5.91 Å². The van der Waals surface area contributed by atoms with E-state index in [1.807, 2.05) is 11.0 Å². The average molecular weight is 272 g/mol. The average Bonchev–Trinajstić information content (AvgIpc) is 2.53. The smallest absolute Gasteiger partial charge is 0.270 e. The fraction of sp³-hybridized carbons (Fsp3) is 0.500. The molecule has 82 valence electrons. The second-order valence-corrected chi connectivity index (χ2v) is 4.54. The minimum Gasteiger partial charge on any atom is -0.356 e.